The van der Waals surface area contributed by atoms with Gasteiger partial charge in [-0.1, -0.05) is 15.9 Å². The number of halogens is 5. The summed E-state index contributed by atoms with van der Waals surface area (Å²) in [4.78, 5) is 28.5. The first-order valence-corrected chi connectivity index (χ1v) is 9.31. The zero-order chi connectivity index (χ0) is 20.2. The third-order valence-corrected chi connectivity index (χ3v) is 5.86. The topological polar surface area (TPSA) is 65.2 Å². The minimum Gasteiger partial charge on any atom is -0.329 e. The third kappa shape index (κ3) is 3.19. The first-order valence-electron chi connectivity index (χ1n) is 8.52. The number of hydrogen-bond donors (Lipinski definition) is 2. The third-order valence-electron chi connectivity index (χ3n) is 5.20. The van der Waals surface area contributed by atoms with Crippen LogP contribution in [0.1, 0.15) is 35.6 Å². The molecule has 1 saturated heterocycles. The molecule has 5 nitrogen and oxygen atoms in total. The van der Waals surface area contributed by atoms with Gasteiger partial charge in [0.15, 0.2) is 0 Å². The van der Waals surface area contributed by atoms with E-state index in [1.807, 2.05) is 0 Å². The second kappa shape index (κ2) is 6.61. The van der Waals surface area contributed by atoms with Crippen molar-refractivity contribution in [2.75, 3.05) is 5.32 Å². The van der Waals surface area contributed by atoms with Crippen molar-refractivity contribution < 1.29 is 22.4 Å². The Hall–Kier alpha value is -2.36. The fraction of sp³-hybridized carbons (Fsp3) is 0.333. The Bertz CT molecular complexity index is 1020. The number of fused-ring (bicyclic) bond motifs is 4. The predicted octanol–water partition coefficient (Wildman–Crippen LogP) is 4.59. The molecule has 2 N–H and O–H groups in total. The van der Waals surface area contributed by atoms with Gasteiger partial charge in [-0.3, -0.25) is 4.79 Å². The van der Waals surface area contributed by atoms with E-state index in [-0.39, 0.29) is 27.8 Å². The highest BCUT2D eigenvalue weighted by Gasteiger charge is 2.43. The Kier molecular flexibility index (Phi) is 4.48. The monoisotopic (exact) mass is 459 g/mol. The lowest BCUT2D eigenvalue weighted by Crippen LogP contribution is -2.44. The molecule has 1 aromatic carbocycles. The van der Waals surface area contributed by atoms with Crippen LogP contribution in [0.4, 0.5) is 28.0 Å². The van der Waals surface area contributed by atoms with E-state index in [1.165, 1.54) is 6.07 Å². The highest BCUT2D eigenvalue weighted by molar-refractivity contribution is 9.10. The molecule has 2 bridgehead atoms. The van der Waals surface area contributed by atoms with Crippen LogP contribution >= 0.6 is 15.9 Å². The first-order chi connectivity index (χ1) is 13.1. The van der Waals surface area contributed by atoms with Gasteiger partial charge in [0.05, 0.1) is 17.3 Å². The van der Waals surface area contributed by atoms with Crippen molar-refractivity contribution in [3.05, 3.63) is 61.7 Å². The SMILES string of the molecule is O=C(Nc1cc(Br)c(C(F)(F)F)cc1F)N1C2CCC1c1c[nH]c(=O)cc1C2. The lowest BCUT2D eigenvalue weighted by Gasteiger charge is -2.36. The number of pyridine rings is 1. The molecule has 0 radical (unpaired) electrons. The summed E-state index contributed by atoms with van der Waals surface area (Å²) < 4.78 is 52.5. The zero-order valence-corrected chi connectivity index (χ0v) is 15.8. The van der Waals surface area contributed by atoms with Gasteiger partial charge in [-0.05, 0) is 42.5 Å². The second-order valence-corrected chi connectivity index (χ2v) is 7.73. The van der Waals surface area contributed by atoms with E-state index in [2.05, 4.69) is 26.2 Å². The number of benzene rings is 1. The van der Waals surface area contributed by atoms with Crippen LogP contribution in [0.15, 0.2) is 33.7 Å². The summed E-state index contributed by atoms with van der Waals surface area (Å²) in [7, 11) is 0. The van der Waals surface area contributed by atoms with Crippen LogP contribution in [0.3, 0.4) is 0 Å². The number of nitrogens with one attached hydrogen (secondary N) is 2. The molecule has 2 aliphatic rings. The molecule has 10 heteroatoms. The van der Waals surface area contributed by atoms with Crippen LogP contribution in [0.25, 0.3) is 0 Å². The lowest BCUT2D eigenvalue weighted by molar-refractivity contribution is -0.138. The van der Waals surface area contributed by atoms with E-state index >= 15 is 0 Å². The molecule has 2 atom stereocenters. The van der Waals surface area contributed by atoms with Crippen molar-refractivity contribution in [2.45, 2.75) is 37.5 Å². The Morgan fingerprint density at radius 1 is 1.25 bits per heavy atom. The highest BCUT2D eigenvalue weighted by atomic mass is 79.9. The van der Waals surface area contributed by atoms with Crippen molar-refractivity contribution >= 4 is 27.6 Å². The largest absolute Gasteiger partial charge is 0.417 e. The summed E-state index contributed by atoms with van der Waals surface area (Å²) in [5.41, 5.74) is 0.00418. The Morgan fingerprint density at radius 3 is 2.71 bits per heavy atom. The van der Waals surface area contributed by atoms with Gasteiger partial charge < -0.3 is 15.2 Å². The minimum absolute atomic E-state index is 0.153. The molecule has 4 rings (SSSR count). The second-order valence-electron chi connectivity index (χ2n) is 6.88. The molecule has 2 aliphatic heterocycles. The van der Waals surface area contributed by atoms with Crippen molar-refractivity contribution in [1.82, 2.24) is 9.88 Å². The van der Waals surface area contributed by atoms with Gasteiger partial charge in [-0.2, -0.15) is 13.2 Å². The maximum atomic E-state index is 14.2. The molecule has 2 aromatic rings. The average Bonchev–Trinajstić information content (AvgIpc) is 2.92. The number of alkyl halides is 3. The van der Waals surface area contributed by atoms with Crippen LogP contribution in [0, 0.1) is 5.82 Å². The maximum Gasteiger partial charge on any atom is 0.417 e. The van der Waals surface area contributed by atoms with Crippen molar-refractivity contribution in [1.29, 1.82) is 0 Å². The van der Waals surface area contributed by atoms with E-state index < -0.39 is 23.6 Å². The number of urea groups is 1. The van der Waals surface area contributed by atoms with Gasteiger partial charge in [-0.25, -0.2) is 9.18 Å². The molecule has 148 valence electrons. The fourth-order valence-corrected chi connectivity index (χ4v) is 4.57. The van der Waals surface area contributed by atoms with E-state index in [1.54, 1.807) is 11.1 Å². The van der Waals surface area contributed by atoms with Crippen LogP contribution in [0.5, 0.6) is 0 Å². The molecular formula is C18H14BrF4N3O2. The van der Waals surface area contributed by atoms with E-state index in [0.717, 1.165) is 23.6 Å². The fourth-order valence-electron chi connectivity index (χ4n) is 4.00. The van der Waals surface area contributed by atoms with Crippen LogP contribution < -0.4 is 10.9 Å². The van der Waals surface area contributed by atoms with E-state index in [4.69, 9.17) is 0 Å². The number of aromatic nitrogens is 1. The molecule has 0 aliphatic carbocycles. The molecule has 0 saturated carbocycles. The molecule has 1 aromatic heterocycles. The summed E-state index contributed by atoms with van der Waals surface area (Å²) in [6.45, 7) is 0. The number of amides is 2. The van der Waals surface area contributed by atoms with Gasteiger partial charge in [-0.15, -0.1) is 0 Å². The summed E-state index contributed by atoms with van der Waals surface area (Å²) >= 11 is 2.78. The number of nitrogens with zero attached hydrogens (tertiary/aromatic N) is 1. The van der Waals surface area contributed by atoms with Crippen molar-refractivity contribution in [2.24, 2.45) is 0 Å². The molecular weight excluding hydrogens is 446 g/mol. The number of anilines is 1. The number of carbonyl (C=O) groups is 1. The molecule has 1 fully saturated rings. The maximum absolute atomic E-state index is 14.2. The normalized spacial score (nSPS) is 20.8. The smallest absolute Gasteiger partial charge is 0.329 e. The predicted molar refractivity (Wildman–Crippen MR) is 96.5 cm³/mol. The summed E-state index contributed by atoms with van der Waals surface area (Å²) in [6.07, 6.45) is -1.22. The molecule has 2 amide bonds. The van der Waals surface area contributed by atoms with Crippen molar-refractivity contribution in [3.8, 4) is 0 Å². The Morgan fingerprint density at radius 2 is 2.00 bits per heavy atom. The van der Waals surface area contributed by atoms with Gasteiger partial charge in [0.25, 0.3) is 0 Å². The number of hydrogen-bond acceptors (Lipinski definition) is 2. The van der Waals surface area contributed by atoms with Gasteiger partial charge in [0, 0.05) is 22.8 Å². The number of rotatable bonds is 1. The van der Waals surface area contributed by atoms with E-state index in [9.17, 15) is 27.2 Å². The van der Waals surface area contributed by atoms with Gasteiger partial charge in [0.2, 0.25) is 5.56 Å². The molecule has 28 heavy (non-hydrogen) atoms. The quantitative estimate of drug-likeness (QED) is 0.612. The number of aromatic amines is 1. The zero-order valence-electron chi connectivity index (χ0n) is 14.2. The van der Waals surface area contributed by atoms with Gasteiger partial charge in [0.1, 0.15) is 5.82 Å². The van der Waals surface area contributed by atoms with Crippen LogP contribution in [-0.4, -0.2) is 22.0 Å². The molecule has 0 spiro atoms. The number of H-pyrrole nitrogens is 1. The standard InChI is InChI=1S/C18H14BrF4N3O2/c19-12-6-14(13(20)5-11(12)18(21,22)23)25-17(28)26-9-1-2-15(26)10-7-24-16(27)4-8(10)3-9/h4-7,9,15H,1-3H2,(H,24,27)(H,25,28). The summed E-state index contributed by atoms with van der Waals surface area (Å²) in [5.74, 6) is -1.17. The molecule has 2 unspecified atom stereocenters. The van der Waals surface area contributed by atoms with Gasteiger partial charge >= 0.3 is 12.2 Å². The summed E-state index contributed by atoms with van der Waals surface area (Å²) in [6, 6.07) is 1.77. The Balaban J connectivity index is 1.61. The van der Waals surface area contributed by atoms with E-state index in [0.29, 0.717) is 18.9 Å². The highest BCUT2D eigenvalue weighted by Crippen LogP contribution is 2.43. The Labute approximate surface area is 164 Å². The van der Waals surface area contributed by atoms with Crippen LogP contribution in [0.2, 0.25) is 0 Å². The molecule has 3 heterocycles. The van der Waals surface area contributed by atoms with Crippen LogP contribution in [-0.2, 0) is 12.6 Å². The minimum atomic E-state index is -4.71. The lowest BCUT2D eigenvalue weighted by atomic mass is 9.95. The summed E-state index contributed by atoms with van der Waals surface area (Å²) in [5, 5.41) is 2.39. The number of carbonyl (C=O) groups excluding carboxylic acids is 1. The van der Waals surface area contributed by atoms with Crippen molar-refractivity contribution in [3.63, 3.8) is 0 Å². The first kappa shape index (κ1) is 19.0. The average molecular weight is 460 g/mol.